The van der Waals surface area contributed by atoms with Crippen LogP contribution in [0.4, 0.5) is 0 Å². The smallest absolute Gasteiger partial charge is 0.339 e. The van der Waals surface area contributed by atoms with Gasteiger partial charge in [0.05, 0.1) is 25.5 Å². The zero-order chi connectivity index (χ0) is 22.4. The molecule has 0 saturated carbocycles. The molecule has 2 aromatic rings. The van der Waals surface area contributed by atoms with Gasteiger partial charge < -0.3 is 24.5 Å². The summed E-state index contributed by atoms with van der Waals surface area (Å²) in [5, 5.41) is 2.43. The molecule has 0 radical (unpaired) electrons. The molecule has 0 unspecified atom stereocenters. The molecule has 0 aliphatic heterocycles. The molecule has 30 heavy (non-hydrogen) atoms. The molecule has 9 nitrogen and oxygen atoms in total. The van der Waals surface area contributed by atoms with Gasteiger partial charge in [-0.05, 0) is 44.5 Å². The number of ether oxygens (including phenoxy) is 3. The molecule has 0 aliphatic carbocycles. The Balaban J connectivity index is 1.98. The van der Waals surface area contributed by atoms with Gasteiger partial charge in [0, 0.05) is 11.3 Å². The lowest BCUT2D eigenvalue weighted by Gasteiger charge is -2.13. The second kappa shape index (κ2) is 9.73. The molecule has 2 N–H and O–H groups in total. The van der Waals surface area contributed by atoms with Crippen LogP contribution in [0.25, 0.3) is 0 Å². The predicted molar refractivity (Wildman–Crippen MR) is 107 cm³/mol. The molecular weight excluding hydrogens is 392 g/mol. The number of Topliss-reactive ketones (excluding diaryl/α,β-unsaturated/α-hetero) is 1. The Morgan fingerprint density at radius 2 is 1.83 bits per heavy atom. The number of H-pyrrole nitrogens is 1. The van der Waals surface area contributed by atoms with Gasteiger partial charge in [-0.25, -0.2) is 4.79 Å². The molecule has 160 valence electrons. The quantitative estimate of drug-likeness (QED) is 0.498. The van der Waals surface area contributed by atoms with Crippen molar-refractivity contribution < 1.29 is 33.4 Å². The lowest BCUT2D eigenvalue weighted by atomic mass is 10.1. The Morgan fingerprint density at radius 1 is 1.13 bits per heavy atom. The van der Waals surface area contributed by atoms with Crippen LogP contribution in [-0.2, 0) is 14.3 Å². The van der Waals surface area contributed by atoms with Gasteiger partial charge in [0.2, 0.25) is 5.78 Å². The van der Waals surface area contributed by atoms with Crippen LogP contribution in [0.3, 0.4) is 0 Å². The van der Waals surface area contributed by atoms with Crippen molar-refractivity contribution in [2.75, 3.05) is 20.8 Å². The number of amides is 1. The van der Waals surface area contributed by atoms with Crippen LogP contribution in [-0.4, -0.2) is 55.5 Å². The molecule has 0 aliphatic rings. The summed E-state index contributed by atoms with van der Waals surface area (Å²) < 4.78 is 14.9. The molecule has 0 fully saturated rings. The number of hydrogen-bond donors (Lipinski definition) is 2. The highest BCUT2D eigenvalue weighted by Gasteiger charge is 2.27. The average Bonchev–Trinajstić information content (AvgIpc) is 3.04. The molecule has 0 saturated heterocycles. The normalized spacial score (nSPS) is 11.4. The summed E-state index contributed by atoms with van der Waals surface area (Å²) >= 11 is 0. The zero-order valence-corrected chi connectivity index (χ0v) is 17.5. The number of carbonyl (C=O) groups excluding carboxylic acids is 4. The largest absolute Gasteiger partial charge is 0.497 e. The molecule has 1 aromatic carbocycles. The minimum Gasteiger partial charge on any atom is -0.497 e. The second-order valence-corrected chi connectivity index (χ2v) is 6.53. The summed E-state index contributed by atoms with van der Waals surface area (Å²) in [5.74, 6) is -1.82. The number of rotatable bonds is 8. The van der Waals surface area contributed by atoms with Crippen molar-refractivity contribution in [1.29, 1.82) is 0 Å². The molecule has 9 heteroatoms. The first-order valence-electron chi connectivity index (χ1n) is 9.13. The van der Waals surface area contributed by atoms with Crippen molar-refractivity contribution in [3.8, 4) is 5.75 Å². The highest BCUT2D eigenvalue weighted by Crippen LogP contribution is 2.20. The van der Waals surface area contributed by atoms with Crippen LogP contribution < -0.4 is 10.1 Å². The first-order chi connectivity index (χ1) is 14.2. The summed E-state index contributed by atoms with van der Waals surface area (Å²) in [5.41, 5.74) is 1.64. The standard InChI is InChI=1S/C21H24N2O7/c1-11-17(21(27)29-5)12(2)23-18(11)19(25)13(3)30-16(24)10-22-20(26)14-7-6-8-15(9-14)28-4/h6-9,13,23H,10H2,1-5H3,(H,22,26)/t13-/m1/s1. The molecule has 1 heterocycles. The fraction of sp³-hybridized carbons (Fsp3) is 0.333. The average molecular weight is 416 g/mol. The van der Waals surface area contributed by atoms with Gasteiger partial charge in [-0.15, -0.1) is 0 Å². The van der Waals surface area contributed by atoms with Gasteiger partial charge in [-0.1, -0.05) is 6.07 Å². The summed E-state index contributed by atoms with van der Waals surface area (Å²) in [6.45, 7) is 4.24. The maximum absolute atomic E-state index is 12.6. The topological polar surface area (TPSA) is 124 Å². The number of aromatic nitrogens is 1. The van der Waals surface area contributed by atoms with E-state index in [0.717, 1.165) is 0 Å². The number of nitrogens with one attached hydrogen (secondary N) is 2. The fourth-order valence-electron chi connectivity index (χ4n) is 2.92. The van der Waals surface area contributed by atoms with Crippen molar-refractivity contribution in [1.82, 2.24) is 10.3 Å². The number of aryl methyl sites for hydroxylation is 1. The monoisotopic (exact) mass is 416 g/mol. The van der Waals surface area contributed by atoms with E-state index in [2.05, 4.69) is 10.3 Å². The van der Waals surface area contributed by atoms with Crippen molar-refractivity contribution in [3.63, 3.8) is 0 Å². The zero-order valence-electron chi connectivity index (χ0n) is 17.5. The second-order valence-electron chi connectivity index (χ2n) is 6.53. The number of benzene rings is 1. The Labute approximate surface area is 173 Å². The molecule has 0 bridgehead atoms. The van der Waals surface area contributed by atoms with E-state index < -0.39 is 36.3 Å². The third-order valence-electron chi connectivity index (χ3n) is 4.48. The number of methoxy groups -OCH3 is 2. The molecular formula is C21H24N2O7. The Hall–Kier alpha value is -3.62. The van der Waals surface area contributed by atoms with Crippen molar-refractivity contribution in [2.24, 2.45) is 0 Å². The van der Waals surface area contributed by atoms with Gasteiger partial charge in [0.25, 0.3) is 5.91 Å². The lowest BCUT2D eigenvalue weighted by Crippen LogP contribution is -2.34. The van der Waals surface area contributed by atoms with E-state index in [1.807, 2.05) is 0 Å². The Bertz CT molecular complexity index is 978. The lowest BCUT2D eigenvalue weighted by molar-refractivity contribution is -0.145. The number of carbonyl (C=O) groups is 4. The number of hydrogen-bond acceptors (Lipinski definition) is 7. The summed E-state index contributed by atoms with van der Waals surface area (Å²) in [6.07, 6.45) is -1.12. The van der Waals surface area contributed by atoms with Gasteiger partial charge in [-0.3, -0.25) is 14.4 Å². The van der Waals surface area contributed by atoms with E-state index in [-0.39, 0.29) is 11.3 Å². The maximum atomic E-state index is 12.6. The van der Waals surface area contributed by atoms with Crippen molar-refractivity contribution >= 4 is 23.6 Å². The van der Waals surface area contributed by atoms with Crippen LogP contribution in [0.15, 0.2) is 24.3 Å². The van der Waals surface area contributed by atoms with E-state index in [1.165, 1.54) is 27.2 Å². The summed E-state index contributed by atoms with van der Waals surface area (Å²) in [6, 6.07) is 6.44. The van der Waals surface area contributed by atoms with Gasteiger partial charge in [0.15, 0.2) is 6.10 Å². The minimum absolute atomic E-state index is 0.161. The molecule has 2 rings (SSSR count). The van der Waals surface area contributed by atoms with Crippen LogP contribution >= 0.6 is 0 Å². The van der Waals surface area contributed by atoms with E-state index >= 15 is 0 Å². The maximum Gasteiger partial charge on any atom is 0.339 e. The summed E-state index contributed by atoms with van der Waals surface area (Å²) in [4.78, 5) is 51.6. The number of aromatic amines is 1. The van der Waals surface area contributed by atoms with Crippen molar-refractivity contribution in [2.45, 2.75) is 26.9 Å². The first-order valence-corrected chi connectivity index (χ1v) is 9.13. The predicted octanol–water partition coefficient (Wildman–Crippen LogP) is 1.97. The first kappa shape index (κ1) is 22.7. The third-order valence-corrected chi connectivity index (χ3v) is 4.48. The Kier molecular flexibility index (Phi) is 7.35. The molecule has 1 amide bonds. The van der Waals surface area contributed by atoms with E-state index in [4.69, 9.17) is 14.2 Å². The van der Waals surface area contributed by atoms with E-state index in [0.29, 0.717) is 22.6 Å². The minimum atomic E-state index is -1.12. The van der Waals surface area contributed by atoms with Gasteiger partial charge >= 0.3 is 11.9 Å². The highest BCUT2D eigenvalue weighted by molar-refractivity contribution is 6.04. The van der Waals surface area contributed by atoms with Gasteiger partial charge in [0.1, 0.15) is 12.3 Å². The van der Waals surface area contributed by atoms with E-state index in [9.17, 15) is 19.2 Å². The van der Waals surface area contributed by atoms with E-state index in [1.54, 1.807) is 32.0 Å². The molecule has 0 spiro atoms. The van der Waals surface area contributed by atoms with Crippen molar-refractivity contribution in [3.05, 3.63) is 52.3 Å². The number of esters is 2. The van der Waals surface area contributed by atoms with Crippen LogP contribution in [0.5, 0.6) is 5.75 Å². The fourth-order valence-corrected chi connectivity index (χ4v) is 2.92. The van der Waals surface area contributed by atoms with Crippen LogP contribution in [0.2, 0.25) is 0 Å². The summed E-state index contributed by atoms with van der Waals surface area (Å²) in [7, 11) is 2.73. The number of ketones is 1. The molecule has 1 aromatic heterocycles. The van der Waals surface area contributed by atoms with Crippen LogP contribution in [0, 0.1) is 13.8 Å². The van der Waals surface area contributed by atoms with Crippen LogP contribution in [0.1, 0.15) is 49.4 Å². The Morgan fingerprint density at radius 3 is 2.47 bits per heavy atom. The van der Waals surface area contributed by atoms with Gasteiger partial charge in [-0.2, -0.15) is 0 Å². The molecule has 1 atom stereocenters. The SMILES string of the molecule is COC(=O)c1c(C)[nH]c(C(=O)[C@@H](C)OC(=O)CNC(=O)c2cccc(OC)c2)c1C. The highest BCUT2D eigenvalue weighted by atomic mass is 16.5. The third kappa shape index (κ3) is 5.05.